The molecule has 1 unspecified atom stereocenters. The van der Waals surface area contributed by atoms with Crippen molar-refractivity contribution in [2.24, 2.45) is 0 Å². The predicted octanol–water partition coefficient (Wildman–Crippen LogP) is 2.74. The highest BCUT2D eigenvalue weighted by atomic mass is 16.5. The van der Waals surface area contributed by atoms with Crippen LogP contribution in [0.2, 0.25) is 0 Å². The van der Waals surface area contributed by atoms with E-state index in [1.165, 1.54) is 5.56 Å². The van der Waals surface area contributed by atoms with E-state index >= 15 is 0 Å². The van der Waals surface area contributed by atoms with Crippen molar-refractivity contribution in [3.63, 3.8) is 0 Å². The molecule has 1 saturated heterocycles. The summed E-state index contributed by atoms with van der Waals surface area (Å²) in [4.78, 5) is 28.1. The number of hydrogen-bond acceptors (Lipinski definition) is 3. The van der Waals surface area contributed by atoms with Gasteiger partial charge in [-0.2, -0.15) is 0 Å². The molecule has 0 aliphatic carbocycles. The topological polar surface area (TPSA) is 49.9 Å². The number of para-hydroxylation sites is 1. The van der Waals surface area contributed by atoms with Gasteiger partial charge in [0.15, 0.2) is 6.61 Å². The Kier molecular flexibility index (Phi) is 6.12. The van der Waals surface area contributed by atoms with Crippen molar-refractivity contribution in [1.82, 2.24) is 9.80 Å². The molecule has 1 aliphatic heterocycles. The summed E-state index contributed by atoms with van der Waals surface area (Å²) in [5, 5.41) is 0. The van der Waals surface area contributed by atoms with Crippen molar-refractivity contribution in [3.05, 3.63) is 65.7 Å². The van der Waals surface area contributed by atoms with Gasteiger partial charge >= 0.3 is 0 Å². The van der Waals surface area contributed by atoms with E-state index in [1.807, 2.05) is 42.5 Å². The number of likely N-dealkylation sites (tertiary alicyclic amines) is 1. The smallest absolute Gasteiger partial charge is 0.261 e. The van der Waals surface area contributed by atoms with E-state index in [9.17, 15) is 9.59 Å². The number of carbonyl (C=O) groups excluding carboxylic acids is 2. The van der Waals surface area contributed by atoms with Gasteiger partial charge in [0.2, 0.25) is 5.91 Å². The molecule has 0 N–H and O–H groups in total. The first kappa shape index (κ1) is 19.0. The van der Waals surface area contributed by atoms with Crippen molar-refractivity contribution in [2.75, 3.05) is 27.2 Å². The lowest BCUT2D eigenvalue weighted by molar-refractivity contribution is -0.143. The summed E-state index contributed by atoms with van der Waals surface area (Å²) in [6.07, 6.45) is 2.31. The van der Waals surface area contributed by atoms with Crippen molar-refractivity contribution >= 4 is 11.8 Å². The first-order chi connectivity index (χ1) is 13.1. The van der Waals surface area contributed by atoms with Crippen LogP contribution in [-0.2, 0) is 16.0 Å². The summed E-state index contributed by atoms with van der Waals surface area (Å²) in [5.74, 6) is 0.553. The summed E-state index contributed by atoms with van der Waals surface area (Å²) >= 11 is 0. The van der Waals surface area contributed by atoms with Crippen LogP contribution >= 0.6 is 0 Å². The SMILES string of the molecule is CN(C)C(=O)C1CCCN1C(=O)COc1ccccc1Cc1ccccc1. The van der Waals surface area contributed by atoms with Crippen molar-refractivity contribution < 1.29 is 14.3 Å². The highest BCUT2D eigenvalue weighted by Crippen LogP contribution is 2.23. The summed E-state index contributed by atoms with van der Waals surface area (Å²) in [6.45, 7) is 0.557. The van der Waals surface area contributed by atoms with Crippen LogP contribution < -0.4 is 4.74 Å². The van der Waals surface area contributed by atoms with Crippen LogP contribution in [0.15, 0.2) is 54.6 Å². The van der Waals surface area contributed by atoms with E-state index in [2.05, 4.69) is 12.1 Å². The molecule has 1 aliphatic rings. The number of nitrogens with zero attached hydrogens (tertiary/aromatic N) is 2. The number of amides is 2. The van der Waals surface area contributed by atoms with Crippen LogP contribution in [0.25, 0.3) is 0 Å². The maximum atomic E-state index is 12.7. The molecule has 0 radical (unpaired) electrons. The lowest BCUT2D eigenvalue weighted by Gasteiger charge is -2.26. The largest absolute Gasteiger partial charge is 0.483 e. The lowest BCUT2D eigenvalue weighted by Crippen LogP contribution is -2.47. The first-order valence-corrected chi connectivity index (χ1v) is 9.31. The Morgan fingerprint density at radius 1 is 1.07 bits per heavy atom. The molecule has 2 aromatic carbocycles. The lowest BCUT2D eigenvalue weighted by atomic mass is 10.0. The third-order valence-electron chi connectivity index (χ3n) is 4.86. The van der Waals surface area contributed by atoms with Crippen molar-refractivity contribution in [2.45, 2.75) is 25.3 Å². The Hall–Kier alpha value is -2.82. The normalized spacial score (nSPS) is 16.2. The van der Waals surface area contributed by atoms with Gasteiger partial charge in [-0.25, -0.2) is 0 Å². The summed E-state index contributed by atoms with van der Waals surface area (Å²) in [5.41, 5.74) is 2.23. The van der Waals surface area contributed by atoms with E-state index in [0.717, 1.165) is 18.4 Å². The Bertz CT molecular complexity index is 789. The highest BCUT2D eigenvalue weighted by Gasteiger charge is 2.34. The van der Waals surface area contributed by atoms with Crippen LogP contribution in [0, 0.1) is 0 Å². The van der Waals surface area contributed by atoms with Crippen molar-refractivity contribution in [3.8, 4) is 5.75 Å². The van der Waals surface area contributed by atoms with Gasteiger partial charge in [-0.3, -0.25) is 9.59 Å². The van der Waals surface area contributed by atoms with Crippen LogP contribution in [0.5, 0.6) is 5.75 Å². The van der Waals surface area contributed by atoms with Gasteiger partial charge in [0.1, 0.15) is 11.8 Å². The van der Waals surface area contributed by atoms with Gasteiger partial charge in [-0.05, 0) is 30.0 Å². The molecule has 5 heteroatoms. The Morgan fingerprint density at radius 3 is 2.52 bits per heavy atom. The fraction of sp³-hybridized carbons (Fsp3) is 0.364. The fourth-order valence-electron chi connectivity index (χ4n) is 3.45. The molecule has 27 heavy (non-hydrogen) atoms. The quantitative estimate of drug-likeness (QED) is 0.790. The average molecular weight is 366 g/mol. The third-order valence-corrected chi connectivity index (χ3v) is 4.86. The number of carbonyl (C=O) groups is 2. The molecule has 3 rings (SSSR count). The van der Waals surface area contributed by atoms with E-state index in [0.29, 0.717) is 18.7 Å². The minimum atomic E-state index is -0.365. The molecular weight excluding hydrogens is 340 g/mol. The third kappa shape index (κ3) is 4.67. The summed E-state index contributed by atoms with van der Waals surface area (Å²) in [7, 11) is 3.44. The van der Waals surface area contributed by atoms with Gasteiger partial charge in [0.25, 0.3) is 5.91 Å². The number of likely N-dealkylation sites (N-methyl/N-ethyl adjacent to an activating group) is 1. The second-order valence-electron chi connectivity index (χ2n) is 7.04. The maximum absolute atomic E-state index is 12.7. The summed E-state index contributed by atoms with van der Waals surface area (Å²) in [6, 6.07) is 17.6. The van der Waals surface area contributed by atoms with Crippen LogP contribution in [-0.4, -0.2) is 54.9 Å². The minimum Gasteiger partial charge on any atom is -0.483 e. The predicted molar refractivity (Wildman–Crippen MR) is 105 cm³/mol. The zero-order valence-corrected chi connectivity index (χ0v) is 15.9. The number of rotatable bonds is 6. The minimum absolute atomic E-state index is 0.0228. The standard InChI is InChI=1S/C22H26N2O3/c1-23(2)22(26)19-12-8-14-24(19)21(25)16-27-20-13-7-6-11-18(20)15-17-9-4-3-5-10-17/h3-7,9-11,13,19H,8,12,14-16H2,1-2H3. The number of ether oxygens (including phenoxy) is 1. The van der Waals surface area contributed by atoms with Crippen LogP contribution in [0.3, 0.4) is 0 Å². The van der Waals surface area contributed by atoms with Crippen molar-refractivity contribution in [1.29, 1.82) is 0 Å². The molecule has 0 saturated carbocycles. The highest BCUT2D eigenvalue weighted by molar-refractivity contribution is 5.88. The van der Waals surface area contributed by atoms with Gasteiger partial charge in [-0.1, -0.05) is 48.5 Å². The van der Waals surface area contributed by atoms with Gasteiger partial charge < -0.3 is 14.5 Å². The first-order valence-electron chi connectivity index (χ1n) is 9.31. The van der Waals surface area contributed by atoms with E-state index in [1.54, 1.807) is 23.9 Å². The molecule has 2 amide bonds. The molecular formula is C22H26N2O3. The molecule has 0 spiro atoms. The second-order valence-corrected chi connectivity index (χ2v) is 7.04. The fourth-order valence-corrected chi connectivity index (χ4v) is 3.45. The van der Waals surface area contributed by atoms with Gasteiger partial charge in [0, 0.05) is 27.1 Å². The monoisotopic (exact) mass is 366 g/mol. The van der Waals surface area contributed by atoms with Gasteiger partial charge in [-0.15, -0.1) is 0 Å². The Labute approximate surface area is 160 Å². The number of benzene rings is 2. The summed E-state index contributed by atoms with van der Waals surface area (Å²) < 4.78 is 5.86. The molecule has 0 aromatic heterocycles. The molecule has 1 atom stereocenters. The van der Waals surface area contributed by atoms with E-state index in [-0.39, 0.29) is 24.5 Å². The zero-order chi connectivity index (χ0) is 19.2. The molecule has 142 valence electrons. The number of hydrogen-bond donors (Lipinski definition) is 0. The molecule has 1 heterocycles. The van der Waals surface area contributed by atoms with Crippen LogP contribution in [0.1, 0.15) is 24.0 Å². The zero-order valence-electron chi connectivity index (χ0n) is 15.9. The van der Waals surface area contributed by atoms with Gasteiger partial charge in [0.05, 0.1) is 0 Å². The van der Waals surface area contributed by atoms with Crippen LogP contribution in [0.4, 0.5) is 0 Å². The molecule has 1 fully saturated rings. The second kappa shape index (κ2) is 8.71. The average Bonchev–Trinajstić information content (AvgIpc) is 3.17. The Balaban J connectivity index is 1.65. The Morgan fingerprint density at radius 2 is 1.78 bits per heavy atom. The maximum Gasteiger partial charge on any atom is 0.261 e. The molecule has 2 aromatic rings. The molecule has 5 nitrogen and oxygen atoms in total. The molecule has 0 bridgehead atoms. The van der Waals surface area contributed by atoms with E-state index < -0.39 is 0 Å². The van der Waals surface area contributed by atoms with E-state index in [4.69, 9.17) is 4.74 Å².